The first-order valence-electron chi connectivity index (χ1n) is 6.85. The van der Waals surface area contributed by atoms with Crippen LogP contribution in [-0.2, 0) is 0 Å². The van der Waals surface area contributed by atoms with Gasteiger partial charge in [-0.15, -0.1) is 0 Å². The molecule has 1 aliphatic rings. The first-order valence-corrected chi connectivity index (χ1v) is 6.85. The van der Waals surface area contributed by atoms with Gasteiger partial charge in [0, 0.05) is 6.04 Å². The van der Waals surface area contributed by atoms with E-state index in [1.54, 1.807) is 12.1 Å². The highest BCUT2D eigenvalue weighted by Crippen LogP contribution is 2.27. The molecule has 1 heterocycles. The predicted molar refractivity (Wildman–Crippen MR) is 72.7 cm³/mol. The quantitative estimate of drug-likeness (QED) is 0.881. The molecule has 3 unspecified atom stereocenters. The summed E-state index contributed by atoms with van der Waals surface area (Å²) < 4.78 is 18.5. The summed E-state index contributed by atoms with van der Waals surface area (Å²) in [5, 5.41) is 13.6. The van der Waals surface area contributed by atoms with E-state index in [1.165, 1.54) is 19.6 Å². The molecule has 106 valence electrons. The lowest BCUT2D eigenvalue weighted by molar-refractivity contribution is 0.137. The van der Waals surface area contributed by atoms with Gasteiger partial charge in [0.25, 0.3) is 0 Å². The largest absolute Gasteiger partial charge is 0.494 e. The fourth-order valence-electron chi connectivity index (χ4n) is 2.70. The van der Waals surface area contributed by atoms with Gasteiger partial charge < -0.3 is 15.2 Å². The van der Waals surface area contributed by atoms with Crippen molar-refractivity contribution in [2.24, 2.45) is 5.92 Å². The number of aliphatic hydroxyl groups excluding tert-OH is 1. The van der Waals surface area contributed by atoms with Gasteiger partial charge in [-0.1, -0.05) is 13.0 Å². The molecule has 0 aromatic heterocycles. The second-order valence-electron chi connectivity index (χ2n) is 5.43. The Labute approximate surface area is 113 Å². The highest BCUT2D eigenvalue weighted by molar-refractivity contribution is 5.30. The Bertz CT molecular complexity index is 425. The molecule has 1 saturated heterocycles. The van der Waals surface area contributed by atoms with Gasteiger partial charge in [-0.2, -0.15) is 0 Å². The van der Waals surface area contributed by atoms with Crippen LogP contribution in [0.4, 0.5) is 4.39 Å². The van der Waals surface area contributed by atoms with Crippen LogP contribution in [0.3, 0.4) is 0 Å². The number of nitrogens with one attached hydrogen (secondary N) is 1. The number of hydrogen-bond acceptors (Lipinski definition) is 3. The van der Waals surface area contributed by atoms with E-state index in [-0.39, 0.29) is 5.75 Å². The Morgan fingerprint density at radius 2 is 2.32 bits per heavy atom. The molecule has 0 amide bonds. The Morgan fingerprint density at radius 3 is 2.95 bits per heavy atom. The van der Waals surface area contributed by atoms with E-state index in [0.717, 1.165) is 13.0 Å². The van der Waals surface area contributed by atoms with Gasteiger partial charge in [0.15, 0.2) is 11.6 Å². The number of halogens is 1. The first-order chi connectivity index (χ1) is 9.10. The van der Waals surface area contributed by atoms with Crippen LogP contribution < -0.4 is 10.1 Å². The molecule has 0 bridgehead atoms. The molecule has 3 nitrogen and oxygen atoms in total. The first kappa shape index (κ1) is 14.3. The number of methoxy groups -OCH3 is 1. The van der Waals surface area contributed by atoms with Crippen molar-refractivity contribution in [2.45, 2.75) is 38.3 Å². The predicted octanol–water partition coefficient (Wildman–Crippen LogP) is 2.65. The van der Waals surface area contributed by atoms with Gasteiger partial charge in [0.05, 0.1) is 13.2 Å². The summed E-state index contributed by atoms with van der Waals surface area (Å²) in [6.45, 7) is 3.22. The number of benzene rings is 1. The van der Waals surface area contributed by atoms with Crippen molar-refractivity contribution in [2.75, 3.05) is 13.7 Å². The third-order valence-electron chi connectivity index (χ3n) is 3.83. The SMILES string of the molecule is COc1ccc(C(O)CC2CC(C)CCN2)cc1F. The summed E-state index contributed by atoms with van der Waals surface area (Å²) in [7, 11) is 1.43. The van der Waals surface area contributed by atoms with Gasteiger partial charge in [-0.25, -0.2) is 4.39 Å². The fraction of sp³-hybridized carbons (Fsp3) is 0.600. The van der Waals surface area contributed by atoms with Crippen molar-refractivity contribution in [1.29, 1.82) is 0 Å². The number of piperidine rings is 1. The van der Waals surface area contributed by atoms with Crippen molar-refractivity contribution in [1.82, 2.24) is 5.32 Å². The Hall–Kier alpha value is -1.13. The topological polar surface area (TPSA) is 41.5 Å². The van der Waals surface area contributed by atoms with E-state index in [9.17, 15) is 9.50 Å². The van der Waals surface area contributed by atoms with Crippen LogP contribution in [0.5, 0.6) is 5.75 Å². The molecule has 2 N–H and O–H groups in total. The molecular weight excluding hydrogens is 245 g/mol. The third-order valence-corrected chi connectivity index (χ3v) is 3.83. The summed E-state index contributed by atoms with van der Waals surface area (Å²) in [4.78, 5) is 0. The van der Waals surface area contributed by atoms with E-state index in [4.69, 9.17) is 4.74 Å². The highest BCUT2D eigenvalue weighted by atomic mass is 19.1. The number of rotatable bonds is 4. The van der Waals surface area contributed by atoms with Crippen LogP contribution in [0.1, 0.15) is 37.9 Å². The van der Waals surface area contributed by atoms with Crippen LogP contribution in [0.15, 0.2) is 18.2 Å². The maximum Gasteiger partial charge on any atom is 0.165 e. The van der Waals surface area contributed by atoms with E-state index < -0.39 is 11.9 Å². The average molecular weight is 267 g/mol. The molecular formula is C15H22FNO2. The van der Waals surface area contributed by atoms with E-state index in [0.29, 0.717) is 23.9 Å². The van der Waals surface area contributed by atoms with E-state index in [2.05, 4.69) is 12.2 Å². The third kappa shape index (κ3) is 3.67. The molecule has 0 saturated carbocycles. The molecule has 1 aromatic rings. The fourth-order valence-corrected chi connectivity index (χ4v) is 2.70. The van der Waals surface area contributed by atoms with Crippen LogP contribution in [0, 0.1) is 11.7 Å². The standard InChI is InChI=1S/C15H22FNO2/c1-10-5-6-17-12(7-10)9-14(18)11-3-4-15(19-2)13(16)8-11/h3-4,8,10,12,14,17-18H,5-7,9H2,1-2H3. The molecule has 0 spiro atoms. The smallest absolute Gasteiger partial charge is 0.165 e. The average Bonchev–Trinajstić information content (AvgIpc) is 2.38. The summed E-state index contributed by atoms with van der Waals surface area (Å²) >= 11 is 0. The van der Waals surface area contributed by atoms with Gasteiger partial charge >= 0.3 is 0 Å². The minimum atomic E-state index is -0.636. The van der Waals surface area contributed by atoms with Crippen molar-refractivity contribution >= 4 is 0 Å². The molecule has 0 aliphatic carbocycles. The Morgan fingerprint density at radius 1 is 1.53 bits per heavy atom. The van der Waals surface area contributed by atoms with Gasteiger partial charge in [-0.3, -0.25) is 0 Å². The minimum absolute atomic E-state index is 0.209. The monoisotopic (exact) mass is 267 g/mol. The van der Waals surface area contributed by atoms with Crippen LogP contribution in [-0.4, -0.2) is 24.8 Å². The molecule has 1 aromatic carbocycles. The van der Waals surface area contributed by atoms with Crippen molar-refractivity contribution in [3.05, 3.63) is 29.6 Å². The number of aliphatic hydroxyl groups is 1. The van der Waals surface area contributed by atoms with E-state index >= 15 is 0 Å². The number of hydrogen-bond donors (Lipinski definition) is 2. The Balaban J connectivity index is 1.99. The summed E-state index contributed by atoms with van der Waals surface area (Å²) in [5.74, 6) is 0.468. The lowest BCUT2D eigenvalue weighted by Crippen LogP contribution is -2.38. The molecule has 1 fully saturated rings. The zero-order valence-electron chi connectivity index (χ0n) is 11.5. The molecule has 3 atom stereocenters. The zero-order valence-corrected chi connectivity index (χ0v) is 11.5. The Kier molecular flexibility index (Phi) is 4.77. The van der Waals surface area contributed by atoms with Gasteiger partial charge in [-0.05, 0) is 49.4 Å². The van der Waals surface area contributed by atoms with Crippen molar-refractivity contribution < 1.29 is 14.2 Å². The van der Waals surface area contributed by atoms with Crippen LogP contribution >= 0.6 is 0 Å². The van der Waals surface area contributed by atoms with Gasteiger partial charge in [0.1, 0.15) is 0 Å². The maximum atomic E-state index is 13.6. The normalized spacial score (nSPS) is 25.1. The van der Waals surface area contributed by atoms with Crippen molar-refractivity contribution in [3.63, 3.8) is 0 Å². The minimum Gasteiger partial charge on any atom is -0.494 e. The lowest BCUT2D eigenvalue weighted by Gasteiger charge is -2.29. The maximum absolute atomic E-state index is 13.6. The zero-order chi connectivity index (χ0) is 13.8. The second kappa shape index (κ2) is 6.35. The molecule has 0 radical (unpaired) electrons. The molecule has 1 aliphatic heterocycles. The van der Waals surface area contributed by atoms with Gasteiger partial charge in [0.2, 0.25) is 0 Å². The van der Waals surface area contributed by atoms with Crippen LogP contribution in [0.2, 0.25) is 0 Å². The molecule has 2 rings (SSSR count). The van der Waals surface area contributed by atoms with Crippen LogP contribution in [0.25, 0.3) is 0 Å². The lowest BCUT2D eigenvalue weighted by atomic mass is 9.90. The summed E-state index contributed by atoms with van der Waals surface area (Å²) in [5.41, 5.74) is 0.610. The summed E-state index contributed by atoms with van der Waals surface area (Å²) in [6, 6.07) is 4.95. The van der Waals surface area contributed by atoms with E-state index in [1.807, 2.05) is 0 Å². The van der Waals surface area contributed by atoms with Crippen molar-refractivity contribution in [3.8, 4) is 5.75 Å². The number of ether oxygens (including phenoxy) is 1. The molecule has 19 heavy (non-hydrogen) atoms. The molecule has 4 heteroatoms. The summed E-state index contributed by atoms with van der Waals surface area (Å²) in [6.07, 6.45) is 2.23. The second-order valence-corrected chi connectivity index (χ2v) is 5.43. The highest BCUT2D eigenvalue weighted by Gasteiger charge is 2.22.